The Hall–Kier alpha value is -1.10. The van der Waals surface area contributed by atoms with Crippen LogP contribution in [0.3, 0.4) is 0 Å². The van der Waals surface area contributed by atoms with Crippen molar-refractivity contribution < 1.29 is 14.3 Å². The first-order valence-corrected chi connectivity index (χ1v) is 7.21. The molecule has 1 aliphatic rings. The molecule has 1 fully saturated rings. The van der Waals surface area contributed by atoms with Gasteiger partial charge in [0.25, 0.3) is 5.91 Å². The Morgan fingerprint density at radius 1 is 1.35 bits per heavy atom. The summed E-state index contributed by atoms with van der Waals surface area (Å²) in [7, 11) is 0. The van der Waals surface area contributed by atoms with E-state index in [2.05, 4.69) is 5.32 Å². The fourth-order valence-electron chi connectivity index (χ4n) is 2.22. The number of ether oxygens (including phenoxy) is 2. The first-order chi connectivity index (χ1) is 9.59. The van der Waals surface area contributed by atoms with E-state index in [1.165, 1.54) is 0 Å². The van der Waals surface area contributed by atoms with E-state index in [1.807, 2.05) is 38.1 Å². The predicted octanol–water partition coefficient (Wildman–Crippen LogP) is 2.57. The fourth-order valence-corrected chi connectivity index (χ4v) is 2.47. The molecule has 0 saturated carbocycles. The summed E-state index contributed by atoms with van der Waals surface area (Å²) in [5.74, 6) is 0.0756. The smallest absolute Gasteiger partial charge is 0.252 e. The van der Waals surface area contributed by atoms with Crippen molar-refractivity contribution >= 4 is 17.5 Å². The van der Waals surface area contributed by atoms with Gasteiger partial charge in [-0.3, -0.25) is 4.79 Å². The summed E-state index contributed by atoms with van der Waals surface area (Å²) in [6.07, 6.45) is -0.535. The van der Waals surface area contributed by atoms with Gasteiger partial charge in [-0.1, -0.05) is 43.6 Å². The van der Waals surface area contributed by atoms with Gasteiger partial charge in [0.1, 0.15) is 0 Å². The molecule has 0 aromatic heterocycles. The Bertz CT molecular complexity index is 458. The Labute approximate surface area is 124 Å². The molecule has 1 aromatic rings. The van der Waals surface area contributed by atoms with Crippen LogP contribution < -0.4 is 5.32 Å². The Morgan fingerprint density at radius 2 is 2.10 bits per heavy atom. The fraction of sp³-hybridized carbons (Fsp3) is 0.533. The molecule has 2 rings (SSSR count). The molecule has 0 spiro atoms. The van der Waals surface area contributed by atoms with E-state index in [0.717, 1.165) is 5.56 Å². The van der Waals surface area contributed by atoms with Crippen LogP contribution in [0.15, 0.2) is 24.3 Å². The molecule has 5 heteroatoms. The van der Waals surface area contributed by atoms with Crippen LogP contribution in [0.2, 0.25) is 5.02 Å². The maximum Gasteiger partial charge on any atom is 0.252 e. The highest BCUT2D eigenvalue weighted by molar-refractivity contribution is 6.31. The third-order valence-electron chi connectivity index (χ3n) is 3.31. The van der Waals surface area contributed by atoms with Gasteiger partial charge in [0, 0.05) is 5.02 Å². The van der Waals surface area contributed by atoms with Crippen LogP contribution in [0, 0.1) is 5.92 Å². The van der Waals surface area contributed by atoms with E-state index in [9.17, 15) is 4.79 Å². The number of halogens is 1. The van der Waals surface area contributed by atoms with Crippen molar-refractivity contribution in [3.63, 3.8) is 0 Å². The van der Waals surface area contributed by atoms with Crippen molar-refractivity contribution in [1.29, 1.82) is 0 Å². The second-order valence-electron chi connectivity index (χ2n) is 5.19. The number of hydrogen-bond acceptors (Lipinski definition) is 3. The summed E-state index contributed by atoms with van der Waals surface area (Å²) in [6.45, 7) is 5.40. The number of benzene rings is 1. The standard InChI is InChI=1S/C15H20ClNO3/c1-10(2)14(11-5-3-4-6-12(11)16)17-15(18)13-9-19-7-8-20-13/h3-6,10,13-14H,7-9H2,1-2H3,(H,17,18)/t13-,14+/m1/s1. The lowest BCUT2D eigenvalue weighted by atomic mass is 9.95. The van der Waals surface area contributed by atoms with Crippen LogP contribution in [0.25, 0.3) is 0 Å². The van der Waals surface area contributed by atoms with Crippen LogP contribution in [0.5, 0.6) is 0 Å². The lowest BCUT2D eigenvalue weighted by Crippen LogP contribution is -2.45. The largest absolute Gasteiger partial charge is 0.376 e. The zero-order valence-electron chi connectivity index (χ0n) is 11.8. The number of carbonyl (C=O) groups is 1. The first kappa shape index (κ1) is 15.3. The summed E-state index contributed by atoms with van der Waals surface area (Å²) in [5, 5.41) is 3.67. The SMILES string of the molecule is CC(C)[C@H](NC(=O)[C@H]1COCCO1)c1ccccc1Cl. The van der Waals surface area contributed by atoms with Gasteiger partial charge in [-0.25, -0.2) is 0 Å². The maximum absolute atomic E-state index is 12.2. The molecule has 1 aliphatic heterocycles. The van der Waals surface area contributed by atoms with Gasteiger partial charge < -0.3 is 14.8 Å². The molecule has 4 nitrogen and oxygen atoms in total. The highest BCUT2D eigenvalue weighted by Gasteiger charge is 2.27. The van der Waals surface area contributed by atoms with Gasteiger partial charge in [0.15, 0.2) is 6.10 Å². The number of nitrogens with one attached hydrogen (secondary N) is 1. The Balaban J connectivity index is 2.10. The Kier molecular flexibility index (Phi) is 5.40. The van der Waals surface area contributed by atoms with E-state index in [-0.39, 0.29) is 17.9 Å². The van der Waals surface area contributed by atoms with Crippen LogP contribution in [-0.4, -0.2) is 31.8 Å². The molecular weight excluding hydrogens is 278 g/mol. The molecule has 1 N–H and O–H groups in total. The van der Waals surface area contributed by atoms with Crippen molar-refractivity contribution in [2.45, 2.75) is 26.0 Å². The lowest BCUT2D eigenvalue weighted by molar-refractivity contribution is -0.148. The molecule has 1 heterocycles. The highest BCUT2D eigenvalue weighted by atomic mass is 35.5. The average Bonchev–Trinajstić information content (AvgIpc) is 2.46. The van der Waals surface area contributed by atoms with Crippen molar-refractivity contribution in [2.24, 2.45) is 5.92 Å². The quantitative estimate of drug-likeness (QED) is 0.929. The molecule has 2 atom stereocenters. The van der Waals surface area contributed by atoms with E-state index in [0.29, 0.717) is 24.8 Å². The van der Waals surface area contributed by atoms with Crippen molar-refractivity contribution in [2.75, 3.05) is 19.8 Å². The minimum absolute atomic E-state index is 0.137. The molecular formula is C15H20ClNO3. The number of rotatable bonds is 4. The van der Waals surface area contributed by atoms with Crippen LogP contribution >= 0.6 is 11.6 Å². The van der Waals surface area contributed by atoms with E-state index >= 15 is 0 Å². The zero-order valence-corrected chi connectivity index (χ0v) is 12.5. The molecule has 0 radical (unpaired) electrons. The Morgan fingerprint density at radius 3 is 2.70 bits per heavy atom. The van der Waals surface area contributed by atoms with Crippen LogP contribution in [-0.2, 0) is 14.3 Å². The van der Waals surface area contributed by atoms with Gasteiger partial charge in [-0.2, -0.15) is 0 Å². The second kappa shape index (κ2) is 7.07. The molecule has 1 saturated heterocycles. The molecule has 20 heavy (non-hydrogen) atoms. The van der Waals surface area contributed by atoms with Gasteiger partial charge in [-0.05, 0) is 17.5 Å². The molecule has 0 aliphatic carbocycles. The third-order valence-corrected chi connectivity index (χ3v) is 3.66. The molecule has 110 valence electrons. The van der Waals surface area contributed by atoms with Crippen molar-refractivity contribution in [3.05, 3.63) is 34.9 Å². The first-order valence-electron chi connectivity index (χ1n) is 6.83. The molecule has 1 aromatic carbocycles. The summed E-state index contributed by atoms with van der Waals surface area (Å²) < 4.78 is 10.7. The highest BCUT2D eigenvalue weighted by Crippen LogP contribution is 2.28. The van der Waals surface area contributed by atoms with Crippen molar-refractivity contribution in [3.8, 4) is 0 Å². The zero-order chi connectivity index (χ0) is 14.5. The van der Waals surface area contributed by atoms with E-state index in [4.69, 9.17) is 21.1 Å². The van der Waals surface area contributed by atoms with E-state index < -0.39 is 6.10 Å². The van der Waals surface area contributed by atoms with Crippen LogP contribution in [0.4, 0.5) is 0 Å². The monoisotopic (exact) mass is 297 g/mol. The van der Waals surface area contributed by atoms with Crippen LogP contribution in [0.1, 0.15) is 25.5 Å². The summed E-state index contributed by atoms with van der Waals surface area (Å²) in [6, 6.07) is 7.43. The number of amides is 1. The molecule has 1 amide bonds. The van der Waals surface area contributed by atoms with Gasteiger partial charge in [0.05, 0.1) is 25.9 Å². The number of hydrogen-bond donors (Lipinski definition) is 1. The normalized spacial score (nSPS) is 20.7. The van der Waals surface area contributed by atoms with Crippen molar-refractivity contribution in [1.82, 2.24) is 5.32 Å². The minimum atomic E-state index is -0.535. The summed E-state index contributed by atoms with van der Waals surface area (Å²) in [5.41, 5.74) is 0.925. The summed E-state index contributed by atoms with van der Waals surface area (Å²) in [4.78, 5) is 12.2. The minimum Gasteiger partial charge on any atom is -0.376 e. The number of carbonyl (C=O) groups excluding carboxylic acids is 1. The molecule has 0 bridgehead atoms. The predicted molar refractivity (Wildman–Crippen MR) is 77.7 cm³/mol. The van der Waals surface area contributed by atoms with E-state index in [1.54, 1.807) is 0 Å². The topological polar surface area (TPSA) is 47.6 Å². The average molecular weight is 298 g/mol. The maximum atomic E-state index is 12.2. The van der Waals surface area contributed by atoms with Gasteiger partial charge in [-0.15, -0.1) is 0 Å². The second-order valence-corrected chi connectivity index (χ2v) is 5.59. The lowest BCUT2D eigenvalue weighted by Gasteiger charge is -2.28. The third kappa shape index (κ3) is 3.72. The van der Waals surface area contributed by atoms with Gasteiger partial charge >= 0.3 is 0 Å². The van der Waals surface area contributed by atoms with Gasteiger partial charge in [0.2, 0.25) is 0 Å². The summed E-state index contributed by atoms with van der Waals surface area (Å²) >= 11 is 6.23. The molecule has 0 unspecified atom stereocenters.